The van der Waals surface area contributed by atoms with E-state index in [4.69, 9.17) is 9.47 Å². The van der Waals surface area contributed by atoms with Crippen molar-refractivity contribution in [2.75, 3.05) is 26.8 Å². The van der Waals surface area contributed by atoms with Crippen LogP contribution in [0.1, 0.15) is 49.9 Å². The van der Waals surface area contributed by atoms with Crippen molar-refractivity contribution >= 4 is 11.9 Å². The maximum atomic E-state index is 12.8. The SMILES string of the molecule is CCCOc1nn(CCC)cc1C(=O)N1CCC(C(=O)OC)CC1. The molecule has 0 radical (unpaired) electrons. The fourth-order valence-corrected chi connectivity index (χ4v) is 2.85. The summed E-state index contributed by atoms with van der Waals surface area (Å²) in [6.07, 6.45) is 4.83. The second kappa shape index (κ2) is 8.70. The summed E-state index contributed by atoms with van der Waals surface area (Å²) in [6.45, 7) is 6.46. The van der Waals surface area contributed by atoms with E-state index < -0.39 is 0 Å². The van der Waals surface area contributed by atoms with Crippen molar-refractivity contribution in [2.45, 2.75) is 46.1 Å². The largest absolute Gasteiger partial charge is 0.476 e. The molecule has 0 saturated carbocycles. The number of hydrogen-bond donors (Lipinski definition) is 0. The van der Waals surface area contributed by atoms with Crippen LogP contribution in [-0.2, 0) is 16.1 Å². The molecule has 0 N–H and O–H groups in total. The number of esters is 1. The molecule has 7 nitrogen and oxygen atoms in total. The van der Waals surface area contributed by atoms with Crippen LogP contribution in [0.3, 0.4) is 0 Å². The van der Waals surface area contributed by atoms with Gasteiger partial charge in [-0.3, -0.25) is 14.3 Å². The first-order chi connectivity index (χ1) is 11.6. The number of carbonyl (C=O) groups is 2. The maximum Gasteiger partial charge on any atom is 0.308 e. The Kier molecular flexibility index (Phi) is 6.63. The second-order valence-corrected chi connectivity index (χ2v) is 6.05. The molecular weight excluding hydrogens is 310 g/mol. The molecule has 134 valence electrons. The highest BCUT2D eigenvalue weighted by molar-refractivity contribution is 5.96. The number of rotatable bonds is 7. The molecule has 0 unspecified atom stereocenters. The standard InChI is InChI=1S/C17H27N3O4/c1-4-8-20-12-14(15(18-20)24-11-5-2)16(21)19-9-6-13(7-10-19)17(22)23-3/h12-13H,4-11H2,1-3H3. The van der Waals surface area contributed by atoms with Crippen LogP contribution in [0.5, 0.6) is 5.88 Å². The molecular formula is C17H27N3O4. The normalized spacial score (nSPS) is 15.4. The molecule has 0 atom stereocenters. The molecule has 1 aromatic rings. The number of hydrogen-bond acceptors (Lipinski definition) is 5. The molecule has 7 heteroatoms. The van der Waals surface area contributed by atoms with Gasteiger partial charge in [0.25, 0.3) is 5.91 Å². The fraction of sp³-hybridized carbons (Fsp3) is 0.706. The van der Waals surface area contributed by atoms with Crippen LogP contribution in [0.2, 0.25) is 0 Å². The number of ether oxygens (including phenoxy) is 2. The summed E-state index contributed by atoms with van der Waals surface area (Å²) in [5, 5.41) is 4.38. The summed E-state index contributed by atoms with van der Waals surface area (Å²) in [6, 6.07) is 0. The molecule has 0 aromatic carbocycles. The van der Waals surface area contributed by atoms with Gasteiger partial charge in [0, 0.05) is 25.8 Å². The molecule has 1 aromatic heterocycles. The van der Waals surface area contributed by atoms with Crippen molar-refractivity contribution < 1.29 is 19.1 Å². The van der Waals surface area contributed by atoms with Crippen LogP contribution in [-0.4, -0.2) is 53.4 Å². The first-order valence-corrected chi connectivity index (χ1v) is 8.68. The van der Waals surface area contributed by atoms with E-state index in [1.807, 2.05) is 6.92 Å². The zero-order valence-corrected chi connectivity index (χ0v) is 14.8. The molecule has 0 aliphatic carbocycles. The van der Waals surface area contributed by atoms with Crippen molar-refractivity contribution in [3.8, 4) is 5.88 Å². The van der Waals surface area contributed by atoms with Gasteiger partial charge < -0.3 is 14.4 Å². The lowest BCUT2D eigenvalue weighted by atomic mass is 9.96. The molecule has 1 fully saturated rings. The van der Waals surface area contributed by atoms with E-state index in [9.17, 15) is 9.59 Å². The van der Waals surface area contributed by atoms with Gasteiger partial charge in [-0.25, -0.2) is 0 Å². The van der Waals surface area contributed by atoms with Crippen molar-refractivity contribution in [1.29, 1.82) is 0 Å². The Balaban J connectivity index is 2.07. The van der Waals surface area contributed by atoms with Gasteiger partial charge in [0.15, 0.2) is 0 Å². The van der Waals surface area contributed by atoms with E-state index >= 15 is 0 Å². The number of amides is 1. The van der Waals surface area contributed by atoms with Gasteiger partial charge in [0.2, 0.25) is 5.88 Å². The Morgan fingerprint density at radius 1 is 1.25 bits per heavy atom. The van der Waals surface area contributed by atoms with Crippen LogP contribution in [0.15, 0.2) is 6.20 Å². The first kappa shape index (κ1) is 18.3. The van der Waals surface area contributed by atoms with Crippen molar-refractivity contribution in [3.63, 3.8) is 0 Å². The third-order valence-corrected chi connectivity index (χ3v) is 4.17. The zero-order chi connectivity index (χ0) is 17.5. The summed E-state index contributed by atoms with van der Waals surface area (Å²) >= 11 is 0. The van der Waals surface area contributed by atoms with Crippen molar-refractivity contribution in [2.24, 2.45) is 5.92 Å². The molecule has 2 heterocycles. The number of aromatic nitrogens is 2. The summed E-state index contributed by atoms with van der Waals surface area (Å²) in [4.78, 5) is 26.2. The van der Waals surface area contributed by atoms with Crippen LogP contribution in [0.25, 0.3) is 0 Å². The molecule has 24 heavy (non-hydrogen) atoms. The topological polar surface area (TPSA) is 73.7 Å². The summed E-state index contributed by atoms with van der Waals surface area (Å²) in [5.41, 5.74) is 0.508. The lowest BCUT2D eigenvalue weighted by Gasteiger charge is -2.30. The van der Waals surface area contributed by atoms with Crippen LogP contribution in [0.4, 0.5) is 0 Å². The summed E-state index contributed by atoms with van der Waals surface area (Å²) in [5.74, 6) is 0.0275. The Hall–Kier alpha value is -2.05. The third-order valence-electron chi connectivity index (χ3n) is 4.17. The van der Waals surface area contributed by atoms with Crippen molar-refractivity contribution in [3.05, 3.63) is 11.8 Å². The van der Waals surface area contributed by atoms with E-state index in [1.54, 1.807) is 15.8 Å². The Labute approximate surface area is 142 Å². The minimum Gasteiger partial charge on any atom is -0.476 e. The highest BCUT2D eigenvalue weighted by Gasteiger charge is 2.30. The van der Waals surface area contributed by atoms with Gasteiger partial charge in [-0.1, -0.05) is 13.8 Å². The van der Waals surface area contributed by atoms with E-state index in [-0.39, 0.29) is 17.8 Å². The van der Waals surface area contributed by atoms with Gasteiger partial charge in [-0.2, -0.15) is 0 Å². The summed E-state index contributed by atoms with van der Waals surface area (Å²) < 4.78 is 12.2. The lowest BCUT2D eigenvalue weighted by molar-refractivity contribution is -0.146. The van der Waals surface area contributed by atoms with Gasteiger partial charge in [-0.05, 0) is 25.7 Å². The third kappa shape index (κ3) is 4.27. The molecule has 1 aliphatic rings. The van der Waals surface area contributed by atoms with Crippen LogP contribution >= 0.6 is 0 Å². The number of carbonyl (C=O) groups excluding carboxylic acids is 2. The van der Waals surface area contributed by atoms with Gasteiger partial charge >= 0.3 is 5.97 Å². The molecule has 0 bridgehead atoms. The van der Waals surface area contributed by atoms with Gasteiger partial charge in [0.1, 0.15) is 5.56 Å². The van der Waals surface area contributed by atoms with Gasteiger partial charge in [0.05, 0.1) is 19.6 Å². The molecule has 2 rings (SSSR count). The average molecular weight is 337 g/mol. The van der Waals surface area contributed by atoms with E-state index in [2.05, 4.69) is 12.0 Å². The highest BCUT2D eigenvalue weighted by atomic mass is 16.5. The smallest absolute Gasteiger partial charge is 0.308 e. The first-order valence-electron chi connectivity index (χ1n) is 8.68. The number of likely N-dealkylation sites (tertiary alicyclic amines) is 1. The van der Waals surface area contributed by atoms with E-state index in [0.717, 1.165) is 19.4 Å². The van der Waals surface area contributed by atoms with E-state index in [1.165, 1.54) is 7.11 Å². The number of nitrogens with zero attached hydrogens (tertiary/aromatic N) is 3. The molecule has 1 amide bonds. The minimum absolute atomic E-state index is 0.0771. The Bertz CT molecular complexity index is 562. The highest BCUT2D eigenvalue weighted by Crippen LogP contribution is 2.24. The zero-order valence-electron chi connectivity index (χ0n) is 14.8. The maximum absolute atomic E-state index is 12.8. The Morgan fingerprint density at radius 3 is 2.54 bits per heavy atom. The minimum atomic E-state index is -0.190. The van der Waals surface area contributed by atoms with Gasteiger partial charge in [-0.15, -0.1) is 5.10 Å². The second-order valence-electron chi connectivity index (χ2n) is 6.05. The quantitative estimate of drug-likeness (QED) is 0.713. The monoisotopic (exact) mass is 337 g/mol. The fourth-order valence-electron chi connectivity index (χ4n) is 2.85. The lowest BCUT2D eigenvalue weighted by Crippen LogP contribution is -2.40. The van der Waals surface area contributed by atoms with Crippen LogP contribution in [0, 0.1) is 5.92 Å². The predicted octanol–water partition coefficient (Wildman–Crippen LogP) is 2.11. The van der Waals surface area contributed by atoms with E-state index in [0.29, 0.717) is 44.0 Å². The molecule has 0 spiro atoms. The predicted molar refractivity (Wildman–Crippen MR) is 88.9 cm³/mol. The molecule has 1 aliphatic heterocycles. The summed E-state index contributed by atoms with van der Waals surface area (Å²) in [7, 11) is 1.40. The average Bonchev–Trinajstić information content (AvgIpc) is 3.01. The molecule has 1 saturated heterocycles. The number of methoxy groups -OCH3 is 1. The Morgan fingerprint density at radius 2 is 1.96 bits per heavy atom. The van der Waals surface area contributed by atoms with Crippen molar-refractivity contribution in [1.82, 2.24) is 14.7 Å². The van der Waals surface area contributed by atoms with Crippen LogP contribution < -0.4 is 4.74 Å². The number of piperidine rings is 1. The number of aryl methyl sites for hydroxylation is 1.